The molecule has 0 unspecified atom stereocenters. The van der Waals surface area contributed by atoms with E-state index in [1.807, 2.05) is 0 Å². The monoisotopic (exact) mass is 208 g/mol. The van der Waals surface area contributed by atoms with Crippen molar-refractivity contribution >= 4 is 0 Å². The summed E-state index contributed by atoms with van der Waals surface area (Å²) in [6.45, 7) is 10.8. The van der Waals surface area contributed by atoms with E-state index in [4.69, 9.17) is 0 Å². The lowest BCUT2D eigenvalue weighted by molar-refractivity contribution is 0.722. The van der Waals surface area contributed by atoms with Gasteiger partial charge in [-0.25, -0.2) is 0 Å². The van der Waals surface area contributed by atoms with E-state index in [1.165, 1.54) is 50.5 Å². The zero-order chi connectivity index (χ0) is 11.5. The predicted molar refractivity (Wildman–Crippen MR) is 71.2 cm³/mol. The maximum atomic E-state index is 4.04. The zero-order valence-electron chi connectivity index (χ0n) is 10.9. The lowest BCUT2D eigenvalue weighted by atomic mass is 10.0. The molecule has 0 radical (unpaired) electrons. The summed E-state index contributed by atoms with van der Waals surface area (Å²) in [4.78, 5) is 0. The molecule has 0 bridgehead atoms. The molecule has 15 heavy (non-hydrogen) atoms. The van der Waals surface area contributed by atoms with Crippen LogP contribution in [-0.2, 0) is 0 Å². The van der Waals surface area contributed by atoms with Crippen molar-refractivity contribution in [3.8, 4) is 0 Å². The van der Waals surface area contributed by atoms with E-state index in [0.29, 0.717) is 0 Å². The van der Waals surface area contributed by atoms with Crippen LogP contribution in [0.3, 0.4) is 0 Å². The van der Waals surface area contributed by atoms with Gasteiger partial charge in [-0.3, -0.25) is 0 Å². The fourth-order valence-electron chi connectivity index (χ4n) is 1.75. The van der Waals surface area contributed by atoms with Gasteiger partial charge in [0.25, 0.3) is 0 Å². The van der Waals surface area contributed by atoms with Gasteiger partial charge < -0.3 is 0 Å². The van der Waals surface area contributed by atoms with Gasteiger partial charge in [-0.15, -0.1) is 0 Å². The highest BCUT2D eigenvalue weighted by Crippen LogP contribution is 2.14. The summed E-state index contributed by atoms with van der Waals surface area (Å²) < 4.78 is 0. The van der Waals surface area contributed by atoms with E-state index in [-0.39, 0.29) is 0 Å². The predicted octanol–water partition coefficient (Wildman–Crippen LogP) is 5.65. The topological polar surface area (TPSA) is 0 Å². The molecule has 0 aliphatic heterocycles. The van der Waals surface area contributed by atoms with Gasteiger partial charge in [0.05, 0.1) is 0 Å². The largest absolute Gasteiger partial charge is 0.0999 e. The summed E-state index contributed by atoms with van der Waals surface area (Å²) in [5.41, 5.74) is 3.05. The first-order valence-corrected chi connectivity index (χ1v) is 6.59. The van der Waals surface area contributed by atoms with Crippen molar-refractivity contribution < 1.29 is 0 Å². The minimum absolute atomic E-state index is 1.14. The van der Waals surface area contributed by atoms with E-state index in [9.17, 15) is 0 Å². The molecule has 0 saturated heterocycles. The molecule has 0 saturated carbocycles. The van der Waals surface area contributed by atoms with Crippen LogP contribution in [0.15, 0.2) is 23.8 Å². The Hall–Kier alpha value is -0.520. The second-order valence-electron chi connectivity index (χ2n) is 4.32. The van der Waals surface area contributed by atoms with Crippen LogP contribution >= 0.6 is 0 Å². The van der Waals surface area contributed by atoms with E-state index < -0.39 is 0 Å². The van der Waals surface area contributed by atoms with Crippen molar-refractivity contribution in [2.75, 3.05) is 0 Å². The molecule has 0 aliphatic carbocycles. The molecule has 0 heteroatoms. The van der Waals surface area contributed by atoms with Gasteiger partial charge in [0.15, 0.2) is 0 Å². The van der Waals surface area contributed by atoms with Crippen LogP contribution in [0.5, 0.6) is 0 Å². The average Bonchev–Trinajstić information content (AvgIpc) is 2.26. The SMILES string of the molecule is C=C(CC)CCCCC=C(CC)CCC. The fourth-order valence-corrected chi connectivity index (χ4v) is 1.75. The van der Waals surface area contributed by atoms with Gasteiger partial charge in [0, 0.05) is 0 Å². The lowest BCUT2D eigenvalue weighted by Crippen LogP contribution is -1.83. The summed E-state index contributed by atoms with van der Waals surface area (Å²) in [6.07, 6.45) is 12.5. The van der Waals surface area contributed by atoms with Crippen LogP contribution in [0, 0.1) is 0 Å². The second-order valence-corrected chi connectivity index (χ2v) is 4.32. The standard InChI is InChI=1S/C15H28/c1-5-11-15(7-3)13-10-8-9-12-14(4)6-2/h13H,4-12H2,1-3H3. The summed E-state index contributed by atoms with van der Waals surface area (Å²) >= 11 is 0. The van der Waals surface area contributed by atoms with Gasteiger partial charge in [-0.1, -0.05) is 51.0 Å². The number of rotatable bonds is 9. The Bertz CT molecular complexity index is 186. The molecule has 0 aromatic heterocycles. The van der Waals surface area contributed by atoms with Crippen LogP contribution < -0.4 is 0 Å². The molecular formula is C15H28. The summed E-state index contributed by atoms with van der Waals surface area (Å²) in [7, 11) is 0. The van der Waals surface area contributed by atoms with Crippen LogP contribution in [0.4, 0.5) is 0 Å². The number of hydrogen-bond donors (Lipinski definition) is 0. The summed E-state index contributed by atoms with van der Waals surface area (Å²) in [5, 5.41) is 0. The molecule has 0 aromatic rings. The van der Waals surface area contributed by atoms with Crippen LogP contribution in [0.2, 0.25) is 0 Å². The Kier molecular flexibility index (Phi) is 9.67. The highest BCUT2D eigenvalue weighted by molar-refractivity contribution is 5.00. The van der Waals surface area contributed by atoms with Crippen molar-refractivity contribution in [3.63, 3.8) is 0 Å². The molecule has 0 rings (SSSR count). The maximum Gasteiger partial charge on any atom is -0.0323 e. The van der Waals surface area contributed by atoms with Crippen molar-refractivity contribution in [3.05, 3.63) is 23.8 Å². The zero-order valence-corrected chi connectivity index (χ0v) is 10.9. The molecular weight excluding hydrogens is 180 g/mol. The molecule has 0 aliphatic rings. The van der Waals surface area contributed by atoms with Crippen LogP contribution in [-0.4, -0.2) is 0 Å². The van der Waals surface area contributed by atoms with Crippen LogP contribution in [0.25, 0.3) is 0 Å². The third-order valence-corrected chi connectivity index (χ3v) is 2.94. The Morgan fingerprint density at radius 1 is 1.00 bits per heavy atom. The molecule has 0 fully saturated rings. The molecule has 0 nitrogen and oxygen atoms in total. The van der Waals surface area contributed by atoms with E-state index in [2.05, 4.69) is 33.4 Å². The fraction of sp³-hybridized carbons (Fsp3) is 0.733. The van der Waals surface area contributed by atoms with E-state index >= 15 is 0 Å². The Labute approximate surface area is 96.5 Å². The van der Waals surface area contributed by atoms with Crippen molar-refractivity contribution in [1.82, 2.24) is 0 Å². The van der Waals surface area contributed by atoms with Crippen molar-refractivity contribution in [2.45, 2.75) is 72.1 Å². The minimum atomic E-state index is 1.14. The number of hydrogen-bond acceptors (Lipinski definition) is 0. The average molecular weight is 208 g/mol. The van der Waals surface area contributed by atoms with Gasteiger partial charge >= 0.3 is 0 Å². The first kappa shape index (κ1) is 14.5. The Morgan fingerprint density at radius 2 is 1.73 bits per heavy atom. The Morgan fingerprint density at radius 3 is 2.27 bits per heavy atom. The van der Waals surface area contributed by atoms with Gasteiger partial charge in [-0.05, 0) is 44.9 Å². The molecule has 0 amide bonds. The Balaban J connectivity index is 3.54. The quantitative estimate of drug-likeness (QED) is 0.339. The van der Waals surface area contributed by atoms with Gasteiger partial charge in [-0.2, -0.15) is 0 Å². The maximum absolute atomic E-state index is 4.04. The third-order valence-electron chi connectivity index (χ3n) is 2.94. The van der Waals surface area contributed by atoms with Crippen molar-refractivity contribution in [2.24, 2.45) is 0 Å². The smallest absolute Gasteiger partial charge is 0.0323 e. The molecule has 0 atom stereocenters. The number of allylic oxidation sites excluding steroid dienone is 3. The molecule has 88 valence electrons. The first-order chi connectivity index (χ1) is 7.24. The van der Waals surface area contributed by atoms with E-state index in [1.54, 1.807) is 5.57 Å². The van der Waals surface area contributed by atoms with Crippen molar-refractivity contribution in [1.29, 1.82) is 0 Å². The summed E-state index contributed by atoms with van der Waals surface area (Å²) in [5.74, 6) is 0. The van der Waals surface area contributed by atoms with Gasteiger partial charge in [0.2, 0.25) is 0 Å². The highest BCUT2D eigenvalue weighted by atomic mass is 14.0. The second kappa shape index (κ2) is 10.0. The summed E-state index contributed by atoms with van der Waals surface area (Å²) in [6, 6.07) is 0. The highest BCUT2D eigenvalue weighted by Gasteiger charge is 1.94. The van der Waals surface area contributed by atoms with Gasteiger partial charge in [0.1, 0.15) is 0 Å². The van der Waals surface area contributed by atoms with Crippen LogP contribution in [0.1, 0.15) is 72.1 Å². The molecule has 0 aromatic carbocycles. The third kappa shape index (κ3) is 8.47. The number of unbranched alkanes of at least 4 members (excludes halogenated alkanes) is 2. The normalized spacial score (nSPS) is 11.8. The molecule has 0 spiro atoms. The van der Waals surface area contributed by atoms with E-state index in [0.717, 1.165) is 6.42 Å². The molecule has 0 N–H and O–H groups in total. The minimum Gasteiger partial charge on any atom is -0.0999 e. The molecule has 0 heterocycles. The first-order valence-electron chi connectivity index (χ1n) is 6.59. The lowest BCUT2D eigenvalue weighted by Gasteiger charge is -2.03.